The van der Waals surface area contributed by atoms with Crippen molar-refractivity contribution in [3.8, 4) is 0 Å². The molecule has 6 N–H and O–H groups in total. The summed E-state index contributed by atoms with van der Waals surface area (Å²) in [6.07, 6.45) is 0. The van der Waals surface area contributed by atoms with E-state index in [1.54, 1.807) is 0 Å². The standard InChI is InChI=1S/C9H17N3O5/c1-4(10)7(13)16-3-6(12)9(15)17-8(14)5(2)11/h4-6H,3,10-12H2,1-2H3/t4-,5-,6-/m0/s1. The van der Waals surface area contributed by atoms with Crippen LogP contribution in [0.1, 0.15) is 13.8 Å². The van der Waals surface area contributed by atoms with Gasteiger partial charge in [0.25, 0.3) is 0 Å². The minimum atomic E-state index is -1.25. The van der Waals surface area contributed by atoms with E-state index in [2.05, 4.69) is 9.47 Å². The first-order valence-electron chi connectivity index (χ1n) is 4.94. The number of hydrogen-bond acceptors (Lipinski definition) is 8. The lowest BCUT2D eigenvalue weighted by Crippen LogP contribution is -2.42. The predicted octanol–water partition coefficient (Wildman–Crippen LogP) is -2.38. The number of nitrogens with two attached hydrogens (primary N) is 3. The molecule has 0 fully saturated rings. The van der Waals surface area contributed by atoms with Crippen molar-refractivity contribution in [3.05, 3.63) is 0 Å². The normalized spacial score (nSPS) is 15.6. The van der Waals surface area contributed by atoms with Crippen molar-refractivity contribution in [1.82, 2.24) is 0 Å². The van der Waals surface area contributed by atoms with E-state index in [9.17, 15) is 14.4 Å². The summed E-state index contributed by atoms with van der Waals surface area (Å²) in [6.45, 7) is 2.37. The van der Waals surface area contributed by atoms with E-state index in [0.717, 1.165) is 0 Å². The second kappa shape index (κ2) is 6.94. The van der Waals surface area contributed by atoms with Gasteiger partial charge in [-0.1, -0.05) is 0 Å². The van der Waals surface area contributed by atoms with Crippen molar-refractivity contribution in [3.63, 3.8) is 0 Å². The van der Waals surface area contributed by atoms with Crippen molar-refractivity contribution >= 4 is 17.9 Å². The molecule has 3 atom stereocenters. The summed E-state index contributed by atoms with van der Waals surface area (Å²) in [5.74, 6) is -2.61. The molecular formula is C9H17N3O5. The zero-order valence-electron chi connectivity index (χ0n) is 9.71. The number of hydrogen-bond donors (Lipinski definition) is 3. The minimum absolute atomic E-state index is 0.411. The summed E-state index contributed by atoms with van der Waals surface area (Å²) < 4.78 is 8.91. The van der Waals surface area contributed by atoms with Crippen LogP contribution in [-0.2, 0) is 23.9 Å². The summed E-state index contributed by atoms with van der Waals surface area (Å²) in [6, 6.07) is -3.00. The topological polar surface area (TPSA) is 148 Å². The predicted molar refractivity (Wildman–Crippen MR) is 57.3 cm³/mol. The smallest absolute Gasteiger partial charge is 0.334 e. The molecule has 98 valence electrons. The Morgan fingerprint density at radius 2 is 1.41 bits per heavy atom. The van der Waals surface area contributed by atoms with Gasteiger partial charge in [-0.3, -0.25) is 4.79 Å². The average molecular weight is 247 g/mol. The molecule has 0 saturated carbocycles. The zero-order valence-corrected chi connectivity index (χ0v) is 9.71. The average Bonchev–Trinajstić information content (AvgIpc) is 2.24. The van der Waals surface area contributed by atoms with Crippen LogP contribution < -0.4 is 17.2 Å². The van der Waals surface area contributed by atoms with E-state index >= 15 is 0 Å². The van der Waals surface area contributed by atoms with E-state index < -0.39 is 42.6 Å². The van der Waals surface area contributed by atoms with Crippen LogP contribution in [0.4, 0.5) is 0 Å². The molecule has 0 heterocycles. The van der Waals surface area contributed by atoms with Gasteiger partial charge in [0.05, 0.1) is 0 Å². The van der Waals surface area contributed by atoms with E-state index in [-0.39, 0.29) is 0 Å². The minimum Gasteiger partial charge on any atom is -0.462 e. The fourth-order valence-corrected chi connectivity index (χ4v) is 0.639. The number of esters is 3. The molecule has 0 saturated heterocycles. The van der Waals surface area contributed by atoms with Crippen LogP contribution in [0.25, 0.3) is 0 Å². The first kappa shape index (κ1) is 15.5. The summed E-state index contributed by atoms with van der Waals surface area (Å²) in [7, 11) is 0. The van der Waals surface area contributed by atoms with Gasteiger partial charge in [0.1, 0.15) is 24.7 Å². The highest BCUT2D eigenvalue weighted by Gasteiger charge is 2.22. The summed E-state index contributed by atoms with van der Waals surface area (Å²) in [5, 5.41) is 0. The van der Waals surface area contributed by atoms with E-state index in [4.69, 9.17) is 17.2 Å². The molecule has 0 aromatic carbocycles. The Kier molecular flexibility index (Phi) is 6.33. The van der Waals surface area contributed by atoms with E-state index in [1.165, 1.54) is 13.8 Å². The molecule has 0 aromatic heterocycles. The Labute approximate surface area is 98.4 Å². The Hall–Kier alpha value is -1.51. The van der Waals surface area contributed by atoms with Crippen molar-refractivity contribution in [2.75, 3.05) is 6.61 Å². The molecule has 0 rings (SSSR count). The second-order valence-corrected chi connectivity index (χ2v) is 3.55. The van der Waals surface area contributed by atoms with Gasteiger partial charge in [0, 0.05) is 0 Å². The molecular weight excluding hydrogens is 230 g/mol. The van der Waals surface area contributed by atoms with Gasteiger partial charge >= 0.3 is 17.9 Å². The highest BCUT2D eigenvalue weighted by atomic mass is 16.6. The Bertz CT molecular complexity index is 303. The van der Waals surface area contributed by atoms with Crippen molar-refractivity contribution in [2.45, 2.75) is 32.0 Å². The largest absolute Gasteiger partial charge is 0.462 e. The molecule has 0 amide bonds. The number of ether oxygens (including phenoxy) is 2. The first-order valence-corrected chi connectivity index (χ1v) is 4.94. The van der Waals surface area contributed by atoms with Gasteiger partial charge in [-0.15, -0.1) is 0 Å². The van der Waals surface area contributed by atoms with Crippen molar-refractivity contribution in [2.24, 2.45) is 17.2 Å². The fraction of sp³-hybridized carbons (Fsp3) is 0.667. The van der Waals surface area contributed by atoms with Gasteiger partial charge in [0.2, 0.25) is 0 Å². The number of rotatable bonds is 5. The van der Waals surface area contributed by atoms with Crippen LogP contribution >= 0.6 is 0 Å². The Morgan fingerprint density at radius 1 is 0.941 bits per heavy atom. The van der Waals surface area contributed by atoms with Crippen LogP contribution in [0.2, 0.25) is 0 Å². The highest BCUT2D eigenvalue weighted by Crippen LogP contribution is 1.93. The lowest BCUT2D eigenvalue weighted by Gasteiger charge is -2.12. The molecule has 0 spiro atoms. The third-order valence-corrected chi connectivity index (χ3v) is 1.65. The van der Waals surface area contributed by atoms with Crippen LogP contribution in [0, 0.1) is 0 Å². The van der Waals surface area contributed by atoms with Gasteiger partial charge in [-0.25, -0.2) is 9.59 Å². The molecule has 0 aliphatic rings. The van der Waals surface area contributed by atoms with Crippen molar-refractivity contribution in [1.29, 1.82) is 0 Å². The van der Waals surface area contributed by atoms with E-state index in [1.807, 2.05) is 0 Å². The van der Waals surface area contributed by atoms with Gasteiger partial charge in [-0.05, 0) is 13.8 Å². The number of carbonyl (C=O) groups is 3. The summed E-state index contributed by atoms with van der Waals surface area (Å²) in [5.41, 5.74) is 15.7. The van der Waals surface area contributed by atoms with Crippen LogP contribution in [0.15, 0.2) is 0 Å². The molecule has 0 unspecified atom stereocenters. The Morgan fingerprint density at radius 3 is 1.82 bits per heavy atom. The second-order valence-electron chi connectivity index (χ2n) is 3.55. The molecule has 0 aliphatic heterocycles. The maximum absolute atomic E-state index is 11.2. The van der Waals surface area contributed by atoms with Gasteiger partial charge < -0.3 is 26.7 Å². The van der Waals surface area contributed by atoms with Crippen LogP contribution in [-0.4, -0.2) is 42.6 Å². The van der Waals surface area contributed by atoms with E-state index in [0.29, 0.717) is 0 Å². The SMILES string of the molecule is C[C@H](N)C(=O)OC[C@H](N)C(=O)OC(=O)[C@H](C)N. The van der Waals surface area contributed by atoms with Gasteiger partial charge in [-0.2, -0.15) is 0 Å². The summed E-state index contributed by atoms with van der Waals surface area (Å²) in [4.78, 5) is 33.1. The van der Waals surface area contributed by atoms with Crippen LogP contribution in [0.3, 0.4) is 0 Å². The third kappa shape index (κ3) is 5.95. The lowest BCUT2D eigenvalue weighted by atomic mass is 10.3. The maximum atomic E-state index is 11.2. The maximum Gasteiger partial charge on any atom is 0.334 e. The van der Waals surface area contributed by atoms with Crippen molar-refractivity contribution < 1.29 is 23.9 Å². The third-order valence-electron chi connectivity index (χ3n) is 1.65. The monoisotopic (exact) mass is 247 g/mol. The molecule has 17 heavy (non-hydrogen) atoms. The quantitative estimate of drug-likeness (QED) is 0.360. The van der Waals surface area contributed by atoms with Crippen LogP contribution in [0.5, 0.6) is 0 Å². The number of carbonyl (C=O) groups excluding carboxylic acids is 3. The molecule has 0 radical (unpaired) electrons. The first-order chi connectivity index (χ1) is 7.75. The fourth-order valence-electron chi connectivity index (χ4n) is 0.639. The summed E-state index contributed by atoms with van der Waals surface area (Å²) >= 11 is 0. The lowest BCUT2D eigenvalue weighted by molar-refractivity contribution is -0.162. The van der Waals surface area contributed by atoms with Gasteiger partial charge in [0.15, 0.2) is 0 Å². The molecule has 8 heteroatoms. The molecule has 0 bridgehead atoms. The Balaban J connectivity index is 4.07. The highest BCUT2D eigenvalue weighted by molar-refractivity contribution is 5.90. The molecule has 0 aliphatic carbocycles. The molecule has 0 aromatic rings. The molecule has 8 nitrogen and oxygen atoms in total. The zero-order chi connectivity index (χ0) is 13.6.